The second-order valence-corrected chi connectivity index (χ2v) is 6.02. The summed E-state index contributed by atoms with van der Waals surface area (Å²) in [5.74, 6) is 2.81. The van der Waals surface area contributed by atoms with E-state index >= 15 is 0 Å². The summed E-state index contributed by atoms with van der Waals surface area (Å²) in [6, 6.07) is 6.05. The van der Waals surface area contributed by atoms with Crippen LogP contribution in [0.4, 0.5) is 0 Å². The Balaban J connectivity index is 1.83. The number of rotatable bonds is 6. The predicted octanol–water partition coefficient (Wildman–Crippen LogP) is 2.89. The average molecular weight is 332 g/mol. The molecule has 0 radical (unpaired) electrons. The fourth-order valence-corrected chi connectivity index (χ4v) is 2.90. The van der Waals surface area contributed by atoms with Crippen LogP contribution in [0.15, 0.2) is 22.6 Å². The van der Waals surface area contributed by atoms with Gasteiger partial charge in [-0.1, -0.05) is 0 Å². The van der Waals surface area contributed by atoms with Crippen LogP contribution in [0.25, 0.3) is 11.5 Å². The van der Waals surface area contributed by atoms with Gasteiger partial charge in [0.05, 0.1) is 32.1 Å². The lowest BCUT2D eigenvalue weighted by Gasteiger charge is -2.21. The van der Waals surface area contributed by atoms with Gasteiger partial charge in [-0.15, -0.1) is 0 Å². The third-order valence-electron chi connectivity index (χ3n) is 4.46. The zero-order chi connectivity index (χ0) is 17.1. The normalized spacial score (nSPS) is 17.5. The maximum atomic E-state index is 5.89. The van der Waals surface area contributed by atoms with Crippen LogP contribution in [0.3, 0.4) is 0 Å². The molecule has 0 bridgehead atoms. The van der Waals surface area contributed by atoms with Crippen molar-refractivity contribution in [2.24, 2.45) is 0 Å². The van der Waals surface area contributed by atoms with Gasteiger partial charge in [-0.25, -0.2) is 4.98 Å². The quantitative estimate of drug-likeness (QED) is 0.811. The molecule has 1 aromatic heterocycles. The van der Waals surface area contributed by atoms with Gasteiger partial charge in [-0.2, -0.15) is 0 Å². The highest BCUT2D eigenvalue weighted by atomic mass is 16.5. The van der Waals surface area contributed by atoms with Crippen molar-refractivity contribution in [2.45, 2.75) is 25.9 Å². The highest BCUT2D eigenvalue weighted by Gasteiger charge is 2.23. The Bertz CT molecular complexity index is 692. The lowest BCUT2D eigenvalue weighted by molar-refractivity contribution is 0.155. The molecule has 0 N–H and O–H groups in total. The molecule has 1 aromatic carbocycles. The lowest BCUT2D eigenvalue weighted by atomic mass is 10.2. The molecule has 1 fully saturated rings. The molecule has 1 saturated heterocycles. The molecule has 0 saturated carbocycles. The summed E-state index contributed by atoms with van der Waals surface area (Å²) in [7, 11) is 5.36. The summed E-state index contributed by atoms with van der Waals surface area (Å²) in [6.07, 6.45) is 1.06. The Morgan fingerprint density at radius 1 is 1.29 bits per heavy atom. The highest BCUT2D eigenvalue weighted by Crippen LogP contribution is 2.34. The molecule has 1 aliphatic rings. The summed E-state index contributed by atoms with van der Waals surface area (Å²) >= 11 is 0. The van der Waals surface area contributed by atoms with E-state index in [1.165, 1.54) is 0 Å². The van der Waals surface area contributed by atoms with Gasteiger partial charge < -0.3 is 18.6 Å². The second-order valence-electron chi connectivity index (χ2n) is 6.02. The largest absolute Gasteiger partial charge is 0.497 e. The molecule has 2 aromatic rings. The van der Waals surface area contributed by atoms with Crippen LogP contribution in [-0.4, -0.2) is 50.4 Å². The number of ether oxygens (including phenoxy) is 3. The van der Waals surface area contributed by atoms with E-state index in [1.807, 2.05) is 25.1 Å². The molecule has 1 atom stereocenters. The van der Waals surface area contributed by atoms with Crippen LogP contribution >= 0.6 is 0 Å². The van der Waals surface area contributed by atoms with Crippen molar-refractivity contribution in [3.05, 3.63) is 29.7 Å². The summed E-state index contributed by atoms with van der Waals surface area (Å²) in [6.45, 7) is 4.30. The first-order chi connectivity index (χ1) is 11.6. The molecule has 0 aliphatic carbocycles. The number of aromatic nitrogens is 1. The number of hydrogen-bond donors (Lipinski definition) is 0. The SMILES string of the molecule is COc1ccc(-c2nc(CN(C)C3CCOC3)c(C)o2)c(OC)c1. The number of benzene rings is 1. The fraction of sp³-hybridized carbons (Fsp3) is 0.500. The van der Waals surface area contributed by atoms with Crippen LogP contribution in [0.2, 0.25) is 0 Å². The molecule has 6 nitrogen and oxygen atoms in total. The number of hydrogen-bond acceptors (Lipinski definition) is 6. The molecule has 0 amide bonds. The Labute approximate surface area is 142 Å². The molecular formula is C18H24N2O4. The van der Waals surface area contributed by atoms with Gasteiger partial charge in [-0.05, 0) is 32.5 Å². The lowest BCUT2D eigenvalue weighted by Crippen LogP contribution is -2.31. The second kappa shape index (κ2) is 7.23. The summed E-state index contributed by atoms with van der Waals surface area (Å²) in [5, 5.41) is 0. The first kappa shape index (κ1) is 16.8. The smallest absolute Gasteiger partial charge is 0.230 e. The Hall–Kier alpha value is -2.05. The Morgan fingerprint density at radius 3 is 2.79 bits per heavy atom. The molecular weight excluding hydrogens is 308 g/mol. The topological polar surface area (TPSA) is 57.0 Å². The van der Waals surface area contributed by atoms with Crippen molar-refractivity contribution in [3.8, 4) is 23.0 Å². The van der Waals surface area contributed by atoms with Gasteiger partial charge in [0.1, 0.15) is 17.3 Å². The van der Waals surface area contributed by atoms with E-state index in [9.17, 15) is 0 Å². The van der Waals surface area contributed by atoms with Gasteiger partial charge in [0.25, 0.3) is 0 Å². The third kappa shape index (κ3) is 3.39. The monoisotopic (exact) mass is 332 g/mol. The Morgan fingerprint density at radius 2 is 2.12 bits per heavy atom. The van der Waals surface area contributed by atoms with Gasteiger partial charge >= 0.3 is 0 Å². The summed E-state index contributed by atoms with van der Waals surface area (Å²) in [4.78, 5) is 6.96. The third-order valence-corrected chi connectivity index (χ3v) is 4.46. The van der Waals surface area contributed by atoms with Crippen molar-refractivity contribution < 1.29 is 18.6 Å². The molecule has 1 unspecified atom stereocenters. The summed E-state index contributed by atoms with van der Waals surface area (Å²) < 4.78 is 22.0. The fourth-order valence-electron chi connectivity index (χ4n) is 2.90. The molecule has 1 aliphatic heterocycles. The van der Waals surface area contributed by atoms with E-state index in [1.54, 1.807) is 14.2 Å². The van der Waals surface area contributed by atoms with Gasteiger partial charge in [0.2, 0.25) is 5.89 Å². The van der Waals surface area contributed by atoms with Crippen LogP contribution in [0.1, 0.15) is 17.9 Å². The standard InChI is InChI=1S/C18H24N2O4/c1-12-16(10-20(2)13-7-8-23-11-13)19-18(24-12)15-6-5-14(21-3)9-17(15)22-4/h5-6,9,13H,7-8,10-11H2,1-4H3. The van der Waals surface area contributed by atoms with E-state index < -0.39 is 0 Å². The van der Waals surface area contributed by atoms with Gasteiger partial charge in [0, 0.05) is 25.3 Å². The minimum Gasteiger partial charge on any atom is -0.497 e. The van der Waals surface area contributed by atoms with E-state index in [4.69, 9.17) is 18.6 Å². The Kier molecular flexibility index (Phi) is 5.06. The molecule has 24 heavy (non-hydrogen) atoms. The maximum Gasteiger partial charge on any atom is 0.230 e. The number of aryl methyl sites for hydroxylation is 1. The van der Waals surface area contributed by atoms with Crippen LogP contribution < -0.4 is 9.47 Å². The van der Waals surface area contributed by atoms with Crippen molar-refractivity contribution >= 4 is 0 Å². The zero-order valence-electron chi connectivity index (χ0n) is 14.7. The van der Waals surface area contributed by atoms with E-state index in [-0.39, 0.29) is 0 Å². The van der Waals surface area contributed by atoms with Crippen molar-refractivity contribution in [1.29, 1.82) is 0 Å². The van der Waals surface area contributed by atoms with Crippen molar-refractivity contribution in [1.82, 2.24) is 9.88 Å². The molecule has 6 heteroatoms. The van der Waals surface area contributed by atoms with E-state index in [0.29, 0.717) is 17.7 Å². The molecule has 130 valence electrons. The van der Waals surface area contributed by atoms with Crippen molar-refractivity contribution in [3.63, 3.8) is 0 Å². The van der Waals surface area contributed by atoms with E-state index in [0.717, 1.165) is 48.9 Å². The minimum atomic E-state index is 0.445. The number of nitrogens with zero attached hydrogens (tertiary/aromatic N) is 2. The van der Waals surface area contributed by atoms with Gasteiger partial charge in [0.15, 0.2) is 0 Å². The molecule has 0 spiro atoms. The molecule has 3 rings (SSSR count). The molecule has 2 heterocycles. The summed E-state index contributed by atoms with van der Waals surface area (Å²) in [5.41, 5.74) is 1.76. The van der Waals surface area contributed by atoms with Gasteiger partial charge in [-0.3, -0.25) is 4.90 Å². The zero-order valence-corrected chi connectivity index (χ0v) is 14.7. The first-order valence-electron chi connectivity index (χ1n) is 8.09. The predicted molar refractivity (Wildman–Crippen MR) is 90.5 cm³/mol. The minimum absolute atomic E-state index is 0.445. The average Bonchev–Trinajstić information content (AvgIpc) is 3.25. The van der Waals surface area contributed by atoms with Crippen LogP contribution in [-0.2, 0) is 11.3 Å². The number of methoxy groups -OCH3 is 2. The first-order valence-corrected chi connectivity index (χ1v) is 8.09. The van der Waals surface area contributed by atoms with E-state index in [2.05, 4.69) is 16.9 Å². The van der Waals surface area contributed by atoms with Crippen LogP contribution in [0, 0.1) is 6.92 Å². The maximum absolute atomic E-state index is 5.89. The van der Waals surface area contributed by atoms with Crippen molar-refractivity contribution in [2.75, 3.05) is 34.5 Å². The number of oxazole rings is 1. The number of likely N-dealkylation sites (N-methyl/N-ethyl adjacent to an activating group) is 1. The highest BCUT2D eigenvalue weighted by molar-refractivity contribution is 5.65. The van der Waals surface area contributed by atoms with Crippen LogP contribution in [0.5, 0.6) is 11.5 Å².